The average Bonchev–Trinajstić information content (AvgIpc) is 3.16. The van der Waals surface area contributed by atoms with E-state index in [1.54, 1.807) is 24.3 Å². The van der Waals surface area contributed by atoms with E-state index < -0.39 is 11.7 Å². The number of rotatable bonds is 5. The van der Waals surface area contributed by atoms with Gasteiger partial charge in [-0.15, -0.1) is 0 Å². The zero-order chi connectivity index (χ0) is 20.3. The molecule has 0 fully saturated rings. The predicted octanol–water partition coefficient (Wildman–Crippen LogP) is 5.76. The molecule has 1 aliphatic rings. The van der Waals surface area contributed by atoms with Crippen LogP contribution in [-0.2, 0) is 6.18 Å². The van der Waals surface area contributed by atoms with Crippen molar-refractivity contribution in [3.05, 3.63) is 70.5 Å². The van der Waals surface area contributed by atoms with Gasteiger partial charge in [0.05, 0.1) is 5.56 Å². The van der Waals surface area contributed by atoms with E-state index in [1.165, 1.54) is 6.20 Å². The Bertz CT molecular complexity index is 878. The molecule has 148 valence electrons. The van der Waals surface area contributed by atoms with Crippen LogP contribution < -0.4 is 5.32 Å². The van der Waals surface area contributed by atoms with Crippen molar-refractivity contribution < 1.29 is 18.0 Å². The molecule has 28 heavy (non-hydrogen) atoms. The van der Waals surface area contributed by atoms with Gasteiger partial charge in [0.25, 0.3) is 5.91 Å². The molecule has 0 aliphatic heterocycles. The minimum Gasteiger partial charge on any atom is -0.349 e. The van der Waals surface area contributed by atoms with Crippen LogP contribution in [0.3, 0.4) is 0 Å². The molecule has 3 nitrogen and oxygen atoms in total. The number of nitrogens with one attached hydrogen (secondary N) is 1. The number of amides is 1. The number of halogens is 4. The zero-order valence-electron chi connectivity index (χ0n) is 15.3. The Kier molecular flexibility index (Phi) is 6.08. The molecule has 3 rings (SSSR count). The van der Waals surface area contributed by atoms with Crippen LogP contribution in [0.25, 0.3) is 5.57 Å². The number of hydrogen-bond acceptors (Lipinski definition) is 2. The second-order valence-electron chi connectivity index (χ2n) is 6.88. The van der Waals surface area contributed by atoms with Crippen molar-refractivity contribution >= 4 is 23.1 Å². The normalized spacial score (nSPS) is 17.9. The molecular weight excluding hydrogens is 389 g/mol. The van der Waals surface area contributed by atoms with Crippen LogP contribution in [-0.4, -0.2) is 16.9 Å². The maximum Gasteiger partial charge on any atom is 0.417 e. The fraction of sp³-hybridized carbons (Fsp3) is 0.333. The Morgan fingerprint density at radius 1 is 1.29 bits per heavy atom. The van der Waals surface area contributed by atoms with Crippen molar-refractivity contribution in [3.8, 4) is 0 Å². The van der Waals surface area contributed by atoms with Crippen LogP contribution in [0.15, 0.2) is 48.8 Å². The summed E-state index contributed by atoms with van der Waals surface area (Å²) in [4.78, 5) is 16.2. The van der Waals surface area contributed by atoms with Crippen LogP contribution in [0.2, 0.25) is 5.02 Å². The van der Waals surface area contributed by atoms with Crippen LogP contribution >= 0.6 is 11.6 Å². The molecule has 1 heterocycles. The SMILES string of the molecule is CCC(NC(=O)c1ccc(Cl)cc1)C1CC=C(c2cncc(C(F)(F)F)c2)C1. The van der Waals surface area contributed by atoms with E-state index in [-0.39, 0.29) is 17.9 Å². The van der Waals surface area contributed by atoms with Gasteiger partial charge >= 0.3 is 6.18 Å². The van der Waals surface area contributed by atoms with Gasteiger partial charge in [-0.25, -0.2) is 0 Å². The highest BCUT2D eigenvalue weighted by molar-refractivity contribution is 6.30. The van der Waals surface area contributed by atoms with Crippen molar-refractivity contribution in [3.63, 3.8) is 0 Å². The lowest BCUT2D eigenvalue weighted by Gasteiger charge is -2.24. The van der Waals surface area contributed by atoms with Crippen LogP contribution in [0.1, 0.15) is 47.7 Å². The highest BCUT2D eigenvalue weighted by atomic mass is 35.5. The van der Waals surface area contributed by atoms with Crippen molar-refractivity contribution in [1.29, 1.82) is 0 Å². The van der Waals surface area contributed by atoms with Crippen molar-refractivity contribution in [2.45, 2.75) is 38.4 Å². The molecule has 2 aromatic rings. The molecular formula is C21H20ClF3N2O. The summed E-state index contributed by atoms with van der Waals surface area (Å²) in [5.41, 5.74) is 1.09. The Morgan fingerprint density at radius 2 is 2.00 bits per heavy atom. The van der Waals surface area contributed by atoms with E-state index in [0.717, 1.165) is 24.3 Å². The molecule has 0 saturated heterocycles. The number of carbonyl (C=O) groups excluding carboxylic acids is 1. The third-order valence-corrected chi connectivity index (χ3v) is 5.27. The lowest BCUT2D eigenvalue weighted by molar-refractivity contribution is -0.137. The first-order valence-corrected chi connectivity index (χ1v) is 9.43. The standard InChI is InChI=1S/C21H20ClF3N2O/c1-2-19(27-20(28)13-5-7-18(22)8-6-13)15-4-3-14(9-15)16-10-17(12-26-11-16)21(23,24)25/h3,5-8,10-12,15,19H,2,4,9H2,1H3,(H,27,28). The second-order valence-corrected chi connectivity index (χ2v) is 7.32. The maximum atomic E-state index is 12.9. The highest BCUT2D eigenvalue weighted by Crippen LogP contribution is 2.37. The van der Waals surface area contributed by atoms with Crippen molar-refractivity contribution in [2.75, 3.05) is 0 Å². The quantitative estimate of drug-likeness (QED) is 0.683. The molecule has 1 aliphatic carbocycles. The van der Waals surface area contributed by atoms with Crippen molar-refractivity contribution in [1.82, 2.24) is 10.3 Å². The van der Waals surface area contributed by atoms with Gasteiger partial charge in [-0.05, 0) is 66.6 Å². The molecule has 0 bridgehead atoms. The number of alkyl halides is 3. The third kappa shape index (κ3) is 4.73. The smallest absolute Gasteiger partial charge is 0.349 e. The van der Waals surface area contributed by atoms with E-state index >= 15 is 0 Å². The van der Waals surface area contributed by atoms with E-state index in [0.29, 0.717) is 29.0 Å². The molecule has 1 N–H and O–H groups in total. The maximum absolute atomic E-state index is 12.9. The van der Waals surface area contributed by atoms with Crippen LogP contribution in [0.5, 0.6) is 0 Å². The Balaban J connectivity index is 1.67. The lowest BCUT2D eigenvalue weighted by atomic mass is 9.92. The Labute approximate surface area is 166 Å². The van der Waals surface area contributed by atoms with Crippen LogP contribution in [0, 0.1) is 5.92 Å². The summed E-state index contributed by atoms with van der Waals surface area (Å²) in [6.07, 6.45) is 1.84. The average molecular weight is 409 g/mol. The van der Waals surface area contributed by atoms with E-state index in [9.17, 15) is 18.0 Å². The van der Waals surface area contributed by atoms with Gasteiger partial charge < -0.3 is 5.32 Å². The zero-order valence-corrected chi connectivity index (χ0v) is 16.0. The minimum absolute atomic E-state index is 0.0734. The predicted molar refractivity (Wildman–Crippen MR) is 103 cm³/mol. The first-order chi connectivity index (χ1) is 13.3. The summed E-state index contributed by atoms with van der Waals surface area (Å²) in [7, 11) is 0. The number of aromatic nitrogens is 1. The summed E-state index contributed by atoms with van der Waals surface area (Å²) in [6, 6.07) is 7.71. The van der Waals surface area contributed by atoms with E-state index in [2.05, 4.69) is 10.3 Å². The molecule has 2 atom stereocenters. The second kappa shape index (κ2) is 8.35. The molecule has 1 aromatic heterocycles. The van der Waals surface area contributed by atoms with Gasteiger partial charge in [-0.2, -0.15) is 13.2 Å². The molecule has 0 radical (unpaired) electrons. The number of allylic oxidation sites excluding steroid dienone is 2. The minimum atomic E-state index is -4.42. The lowest BCUT2D eigenvalue weighted by Crippen LogP contribution is -2.39. The molecule has 2 unspecified atom stereocenters. The largest absolute Gasteiger partial charge is 0.417 e. The molecule has 0 saturated carbocycles. The molecule has 0 spiro atoms. The Morgan fingerprint density at radius 3 is 2.64 bits per heavy atom. The number of hydrogen-bond donors (Lipinski definition) is 1. The summed E-state index contributed by atoms with van der Waals surface area (Å²) in [6.45, 7) is 1.98. The number of pyridine rings is 1. The Hall–Kier alpha value is -2.34. The number of nitrogens with zero attached hydrogens (tertiary/aromatic N) is 1. The first kappa shape index (κ1) is 20.4. The topological polar surface area (TPSA) is 42.0 Å². The summed E-state index contributed by atoms with van der Waals surface area (Å²) in [5, 5.41) is 3.60. The van der Waals surface area contributed by atoms with Crippen molar-refractivity contribution in [2.24, 2.45) is 5.92 Å². The van der Waals surface area contributed by atoms with Gasteiger partial charge in [0.15, 0.2) is 0 Å². The number of carbonyl (C=O) groups is 1. The summed E-state index contributed by atoms with van der Waals surface area (Å²) < 4.78 is 38.8. The molecule has 7 heteroatoms. The van der Waals surface area contributed by atoms with Gasteiger partial charge in [0, 0.05) is 29.0 Å². The number of benzene rings is 1. The summed E-state index contributed by atoms with van der Waals surface area (Å²) >= 11 is 5.85. The van der Waals surface area contributed by atoms with Gasteiger partial charge in [-0.3, -0.25) is 9.78 Å². The third-order valence-electron chi connectivity index (χ3n) is 5.02. The van der Waals surface area contributed by atoms with Gasteiger partial charge in [-0.1, -0.05) is 24.6 Å². The van der Waals surface area contributed by atoms with E-state index in [4.69, 9.17) is 11.6 Å². The summed E-state index contributed by atoms with van der Waals surface area (Å²) in [5.74, 6) is -0.0523. The first-order valence-electron chi connectivity index (χ1n) is 9.06. The highest BCUT2D eigenvalue weighted by Gasteiger charge is 2.32. The fourth-order valence-electron chi connectivity index (χ4n) is 3.46. The molecule has 1 amide bonds. The van der Waals surface area contributed by atoms with Gasteiger partial charge in [0.2, 0.25) is 0 Å². The molecule has 1 aromatic carbocycles. The van der Waals surface area contributed by atoms with E-state index in [1.807, 2.05) is 13.0 Å². The van der Waals surface area contributed by atoms with Gasteiger partial charge in [0.1, 0.15) is 0 Å². The fourth-order valence-corrected chi connectivity index (χ4v) is 3.59. The monoisotopic (exact) mass is 408 g/mol. The van der Waals surface area contributed by atoms with Crippen LogP contribution in [0.4, 0.5) is 13.2 Å².